The van der Waals surface area contributed by atoms with Gasteiger partial charge in [-0.15, -0.1) is 0 Å². The van der Waals surface area contributed by atoms with Gasteiger partial charge in [-0.05, 0) is 41.1 Å². The molecule has 0 amide bonds. The van der Waals surface area contributed by atoms with Gasteiger partial charge in [-0.3, -0.25) is 0 Å². The monoisotopic (exact) mass is 340 g/mol. The van der Waals surface area contributed by atoms with E-state index in [4.69, 9.17) is 15.7 Å². The molecule has 0 aliphatic carbocycles. The zero-order valence-corrected chi connectivity index (χ0v) is 11.9. The summed E-state index contributed by atoms with van der Waals surface area (Å²) >= 11 is 3.04. The number of halogens is 2. The Morgan fingerprint density at radius 3 is 2.80 bits per heavy atom. The Balaban J connectivity index is 2.33. The number of nitrogens with zero attached hydrogens (tertiary/aromatic N) is 3. The van der Waals surface area contributed by atoms with Crippen molar-refractivity contribution in [3.63, 3.8) is 0 Å². The molecule has 20 heavy (non-hydrogen) atoms. The fourth-order valence-corrected chi connectivity index (χ4v) is 1.66. The third-order valence-corrected chi connectivity index (χ3v) is 2.95. The smallest absolute Gasteiger partial charge is 0.322 e. The number of hydrogen-bond donors (Lipinski definition) is 2. The van der Waals surface area contributed by atoms with Gasteiger partial charge in [-0.2, -0.15) is 4.98 Å². The third-order valence-electron chi connectivity index (χ3n) is 2.30. The van der Waals surface area contributed by atoms with Crippen LogP contribution >= 0.6 is 15.9 Å². The molecule has 6 nitrogen and oxygen atoms in total. The number of hydrogen-bond acceptors (Lipinski definition) is 5. The van der Waals surface area contributed by atoms with Crippen molar-refractivity contribution in [2.24, 2.45) is 10.9 Å². The van der Waals surface area contributed by atoms with E-state index in [-0.39, 0.29) is 23.3 Å². The highest BCUT2D eigenvalue weighted by Gasteiger charge is 2.09. The molecule has 104 valence electrons. The van der Waals surface area contributed by atoms with Crippen molar-refractivity contribution in [3.05, 3.63) is 45.9 Å². The molecule has 0 saturated carbocycles. The van der Waals surface area contributed by atoms with E-state index in [1.54, 1.807) is 13.0 Å². The maximum absolute atomic E-state index is 13.4. The second-order valence-corrected chi connectivity index (χ2v) is 4.69. The molecule has 0 radical (unpaired) electrons. The van der Waals surface area contributed by atoms with Crippen LogP contribution in [0.2, 0.25) is 0 Å². The number of oxime groups is 1. The van der Waals surface area contributed by atoms with Crippen LogP contribution in [0, 0.1) is 12.7 Å². The number of benzene rings is 1. The second-order valence-electron chi connectivity index (χ2n) is 3.84. The van der Waals surface area contributed by atoms with Gasteiger partial charge in [-0.25, -0.2) is 9.37 Å². The quantitative estimate of drug-likeness (QED) is 0.387. The molecule has 0 spiro atoms. The molecule has 2 rings (SSSR count). The number of nitrogens with two attached hydrogens (primary N) is 1. The van der Waals surface area contributed by atoms with Crippen LogP contribution in [0.25, 0.3) is 0 Å². The van der Waals surface area contributed by atoms with E-state index in [9.17, 15) is 4.39 Å². The summed E-state index contributed by atoms with van der Waals surface area (Å²) in [6, 6.07) is 5.77. The van der Waals surface area contributed by atoms with Gasteiger partial charge in [0.05, 0.1) is 4.47 Å². The average Bonchev–Trinajstić information content (AvgIpc) is 2.41. The summed E-state index contributed by atoms with van der Waals surface area (Å²) in [4.78, 5) is 8.01. The molecule has 0 aliphatic rings. The lowest BCUT2D eigenvalue weighted by atomic mass is 10.3. The largest absolute Gasteiger partial charge is 0.424 e. The number of aromatic nitrogens is 2. The highest BCUT2D eigenvalue weighted by atomic mass is 79.9. The first-order valence-electron chi connectivity index (χ1n) is 5.46. The Labute approximate surface area is 122 Å². The highest BCUT2D eigenvalue weighted by Crippen LogP contribution is 2.24. The van der Waals surface area contributed by atoms with Crippen LogP contribution in [-0.4, -0.2) is 21.0 Å². The lowest BCUT2D eigenvalue weighted by Gasteiger charge is -2.07. The molecule has 0 fully saturated rings. The Hall–Kier alpha value is -2.22. The van der Waals surface area contributed by atoms with E-state index in [0.717, 1.165) is 0 Å². The van der Waals surface area contributed by atoms with Crippen molar-refractivity contribution in [1.29, 1.82) is 0 Å². The topological polar surface area (TPSA) is 93.6 Å². The Kier molecular flexibility index (Phi) is 4.14. The minimum atomic E-state index is -0.466. The van der Waals surface area contributed by atoms with Crippen molar-refractivity contribution in [1.82, 2.24) is 9.97 Å². The van der Waals surface area contributed by atoms with Crippen molar-refractivity contribution < 1.29 is 14.3 Å². The highest BCUT2D eigenvalue weighted by molar-refractivity contribution is 9.10. The van der Waals surface area contributed by atoms with Crippen LogP contribution in [0.1, 0.15) is 11.4 Å². The van der Waals surface area contributed by atoms with Crippen LogP contribution in [-0.2, 0) is 0 Å². The van der Waals surface area contributed by atoms with E-state index in [1.807, 2.05) is 0 Å². The van der Waals surface area contributed by atoms with Crippen LogP contribution in [0.3, 0.4) is 0 Å². The zero-order chi connectivity index (χ0) is 14.7. The maximum Gasteiger partial charge on any atom is 0.322 e. The fourth-order valence-electron chi connectivity index (χ4n) is 1.42. The lowest BCUT2D eigenvalue weighted by molar-refractivity contribution is 0.318. The number of amidine groups is 1. The second kappa shape index (κ2) is 5.83. The van der Waals surface area contributed by atoms with Gasteiger partial charge >= 0.3 is 6.01 Å². The summed E-state index contributed by atoms with van der Waals surface area (Å²) in [5.74, 6) is -0.393. The molecule has 1 heterocycles. The predicted octanol–water partition coefficient (Wildman–Crippen LogP) is 2.57. The molecule has 1 aromatic heterocycles. The summed E-state index contributed by atoms with van der Waals surface area (Å²) in [5, 5.41) is 11.5. The molecular formula is C12H10BrFN4O2. The maximum atomic E-state index is 13.4. The van der Waals surface area contributed by atoms with Gasteiger partial charge in [0, 0.05) is 11.8 Å². The van der Waals surface area contributed by atoms with Crippen molar-refractivity contribution in [3.8, 4) is 11.8 Å². The van der Waals surface area contributed by atoms with Crippen molar-refractivity contribution in [2.75, 3.05) is 0 Å². The Morgan fingerprint density at radius 1 is 1.40 bits per heavy atom. The lowest BCUT2D eigenvalue weighted by Crippen LogP contribution is -2.16. The fraction of sp³-hybridized carbons (Fsp3) is 0.0833. The standard InChI is InChI=1S/C12H10BrFN4O2/c1-6-4-10(11(15)18-19)17-12(16-6)20-7-2-3-8(13)9(14)5-7/h2-5,19H,1H3,(H2,15,18). The van der Waals surface area contributed by atoms with Gasteiger partial charge in [0.15, 0.2) is 5.84 Å². The van der Waals surface area contributed by atoms with Crippen molar-refractivity contribution >= 4 is 21.8 Å². The molecule has 0 unspecified atom stereocenters. The normalized spacial score (nSPS) is 11.4. The molecule has 8 heteroatoms. The van der Waals surface area contributed by atoms with Gasteiger partial charge in [-0.1, -0.05) is 5.16 Å². The first-order chi connectivity index (χ1) is 9.49. The summed E-state index contributed by atoms with van der Waals surface area (Å²) in [6.07, 6.45) is 0. The summed E-state index contributed by atoms with van der Waals surface area (Å²) < 4.78 is 19.1. The van der Waals surface area contributed by atoms with E-state index in [0.29, 0.717) is 10.2 Å². The van der Waals surface area contributed by atoms with E-state index in [1.165, 1.54) is 18.2 Å². The molecule has 1 aromatic carbocycles. The molecule has 0 bridgehead atoms. The average molecular weight is 341 g/mol. The SMILES string of the molecule is Cc1cc(/C(N)=N/O)nc(Oc2ccc(Br)c(F)c2)n1. The van der Waals surface area contributed by atoms with Crippen LogP contribution in [0.4, 0.5) is 4.39 Å². The number of rotatable bonds is 3. The summed E-state index contributed by atoms with van der Waals surface area (Å²) in [5.41, 5.74) is 6.24. The minimum Gasteiger partial charge on any atom is -0.424 e. The van der Waals surface area contributed by atoms with Gasteiger partial charge in [0.2, 0.25) is 0 Å². The van der Waals surface area contributed by atoms with Gasteiger partial charge in [0.25, 0.3) is 0 Å². The third kappa shape index (κ3) is 3.21. The van der Waals surface area contributed by atoms with E-state index >= 15 is 0 Å². The first kappa shape index (κ1) is 14.2. The molecule has 3 N–H and O–H groups in total. The molecule has 2 aromatic rings. The van der Waals surface area contributed by atoms with Crippen LogP contribution < -0.4 is 10.5 Å². The zero-order valence-electron chi connectivity index (χ0n) is 10.3. The molecule has 0 saturated heterocycles. The van der Waals surface area contributed by atoms with Crippen molar-refractivity contribution in [2.45, 2.75) is 6.92 Å². The molecular weight excluding hydrogens is 331 g/mol. The summed E-state index contributed by atoms with van der Waals surface area (Å²) in [7, 11) is 0. The van der Waals surface area contributed by atoms with E-state index < -0.39 is 5.82 Å². The Morgan fingerprint density at radius 2 is 2.15 bits per heavy atom. The number of ether oxygens (including phenoxy) is 1. The molecule has 0 aliphatic heterocycles. The Bertz CT molecular complexity index is 679. The van der Waals surface area contributed by atoms with Crippen LogP contribution in [0.15, 0.2) is 33.9 Å². The van der Waals surface area contributed by atoms with Crippen LogP contribution in [0.5, 0.6) is 11.8 Å². The number of aryl methyl sites for hydroxylation is 1. The molecule has 0 atom stereocenters. The first-order valence-corrected chi connectivity index (χ1v) is 6.25. The predicted molar refractivity (Wildman–Crippen MR) is 73.5 cm³/mol. The van der Waals surface area contributed by atoms with Gasteiger partial charge in [0.1, 0.15) is 17.3 Å². The van der Waals surface area contributed by atoms with E-state index in [2.05, 4.69) is 31.1 Å². The minimum absolute atomic E-state index is 0.0201. The summed E-state index contributed by atoms with van der Waals surface area (Å²) in [6.45, 7) is 1.70. The van der Waals surface area contributed by atoms with Gasteiger partial charge < -0.3 is 15.7 Å².